The molecular weight excluding hydrogens is 246 g/mol. The number of primary amides is 1. The second-order valence-electron chi connectivity index (χ2n) is 4.50. The van der Waals surface area contributed by atoms with Crippen LogP contribution in [0.3, 0.4) is 0 Å². The van der Waals surface area contributed by atoms with Crippen LogP contribution in [-0.4, -0.2) is 24.3 Å². The first kappa shape index (κ1) is 14.7. The van der Waals surface area contributed by atoms with Crippen molar-refractivity contribution >= 4 is 23.4 Å². The Hall–Kier alpha value is -2.37. The van der Waals surface area contributed by atoms with Crippen molar-refractivity contribution in [3.8, 4) is 0 Å². The molecule has 4 N–H and O–H groups in total. The molecule has 0 atom stereocenters. The fourth-order valence-corrected chi connectivity index (χ4v) is 1.28. The SMILES string of the molecule is CC(C)CNC(=O)C(=O)Nc1ccc(C(N)=O)cc1. The van der Waals surface area contributed by atoms with E-state index >= 15 is 0 Å². The number of nitrogens with one attached hydrogen (secondary N) is 2. The van der Waals surface area contributed by atoms with Gasteiger partial charge in [-0.3, -0.25) is 14.4 Å². The molecule has 0 saturated carbocycles. The van der Waals surface area contributed by atoms with E-state index in [9.17, 15) is 14.4 Å². The van der Waals surface area contributed by atoms with Crippen molar-refractivity contribution in [2.24, 2.45) is 11.7 Å². The Bertz CT molecular complexity index is 480. The normalized spacial score (nSPS) is 10.1. The number of nitrogens with two attached hydrogens (primary N) is 1. The topological polar surface area (TPSA) is 101 Å². The molecule has 0 radical (unpaired) electrons. The van der Waals surface area contributed by atoms with Crippen LogP contribution in [0.5, 0.6) is 0 Å². The van der Waals surface area contributed by atoms with Crippen LogP contribution >= 0.6 is 0 Å². The number of hydrogen-bond acceptors (Lipinski definition) is 3. The molecule has 0 unspecified atom stereocenters. The van der Waals surface area contributed by atoms with Crippen LogP contribution in [0.15, 0.2) is 24.3 Å². The van der Waals surface area contributed by atoms with Crippen LogP contribution in [0.4, 0.5) is 5.69 Å². The Morgan fingerprint density at radius 2 is 1.68 bits per heavy atom. The summed E-state index contributed by atoms with van der Waals surface area (Å²) in [6.07, 6.45) is 0. The van der Waals surface area contributed by atoms with E-state index in [4.69, 9.17) is 5.73 Å². The highest BCUT2D eigenvalue weighted by Gasteiger charge is 2.13. The van der Waals surface area contributed by atoms with E-state index in [0.29, 0.717) is 17.8 Å². The minimum atomic E-state index is -0.743. The van der Waals surface area contributed by atoms with E-state index in [1.807, 2.05) is 13.8 Å². The molecule has 6 heteroatoms. The van der Waals surface area contributed by atoms with Crippen LogP contribution in [0.1, 0.15) is 24.2 Å². The van der Waals surface area contributed by atoms with Crippen molar-refractivity contribution in [2.75, 3.05) is 11.9 Å². The van der Waals surface area contributed by atoms with Gasteiger partial charge in [0, 0.05) is 17.8 Å². The summed E-state index contributed by atoms with van der Waals surface area (Å²) in [6.45, 7) is 4.30. The Morgan fingerprint density at radius 1 is 1.11 bits per heavy atom. The van der Waals surface area contributed by atoms with Gasteiger partial charge in [0.05, 0.1) is 0 Å². The summed E-state index contributed by atoms with van der Waals surface area (Å²) in [5.74, 6) is -1.71. The number of carbonyl (C=O) groups excluding carboxylic acids is 3. The molecular formula is C13H17N3O3. The number of anilines is 1. The third kappa shape index (κ3) is 4.79. The molecule has 0 saturated heterocycles. The van der Waals surface area contributed by atoms with Crippen LogP contribution in [0.25, 0.3) is 0 Å². The average molecular weight is 263 g/mol. The molecule has 0 bridgehead atoms. The highest BCUT2D eigenvalue weighted by molar-refractivity contribution is 6.39. The molecule has 0 fully saturated rings. The Kier molecular flexibility index (Phi) is 5.05. The van der Waals surface area contributed by atoms with Gasteiger partial charge in [-0.05, 0) is 30.2 Å². The number of rotatable bonds is 4. The number of carbonyl (C=O) groups is 3. The number of hydrogen-bond donors (Lipinski definition) is 3. The van der Waals surface area contributed by atoms with Crippen molar-refractivity contribution in [2.45, 2.75) is 13.8 Å². The molecule has 0 heterocycles. The summed E-state index contributed by atoms with van der Waals surface area (Å²) in [4.78, 5) is 33.8. The zero-order valence-corrected chi connectivity index (χ0v) is 10.9. The zero-order chi connectivity index (χ0) is 14.4. The van der Waals surface area contributed by atoms with Gasteiger partial charge in [-0.1, -0.05) is 13.8 Å². The molecule has 1 aromatic rings. The molecule has 102 valence electrons. The van der Waals surface area contributed by atoms with Gasteiger partial charge >= 0.3 is 11.8 Å². The molecule has 0 aliphatic heterocycles. The maximum atomic E-state index is 11.5. The van der Waals surface area contributed by atoms with Gasteiger partial charge < -0.3 is 16.4 Å². The average Bonchev–Trinajstić information content (AvgIpc) is 2.36. The summed E-state index contributed by atoms with van der Waals surface area (Å²) >= 11 is 0. The largest absolute Gasteiger partial charge is 0.366 e. The first-order valence-electron chi connectivity index (χ1n) is 5.89. The summed E-state index contributed by atoms with van der Waals surface area (Å²) in [5, 5.41) is 4.94. The van der Waals surface area contributed by atoms with Gasteiger partial charge in [0.25, 0.3) is 0 Å². The van der Waals surface area contributed by atoms with Gasteiger partial charge in [-0.25, -0.2) is 0 Å². The van der Waals surface area contributed by atoms with E-state index in [1.165, 1.54) is 24.3 Å². The lowest BCUT2D eigenvalue weighted by Crippen LogP contribution is -2.37. The van der Waals surface area contributed by atoms with E-state index in [0.717, 1.165) is 0 Å². The maximum Gasteiger partial charge on any atom is 0.313 e. The maximum absolute atomic E-state index is 11.5. The molecule has 3 amide bonds. The van der Waals surface area contributed by atoms with Crippen molar-refractivity contribution in [1.82, 2.24) is 5.32 Å². The Morgan fingerprint density at radius 3 is 2.16 bits per heavy atom. The quantitative estimate of drug-likeness (QED) is 0.689. The molecule has 0 aliphatic carbocycles. The molecule has 1 aromatic carbocycles. The third-order valence-electron chi connectivity index (χ3n) is 2.30. The smallest absolute Gasteiger partial charge is 0.313 e. The molecule has 0 aromatic heterocycles. The first-order valence-corrected chi connectivity index (χ1v) is 5.89. The molecule has 0 aliphatic rings. The van der Waals surface area contributed by atoms with Crippen molar-refractivity contribution in [1.29, 1.82) is 0 Å². The van der Waals surface area contributed by atoms with Gasteiger partial charge in [0.2, 0.25) is 5.91 Å². The van der Waals surface area contributed by atoms with Gasteiger partial charge in [0.1, 0.15) is 0 Å². The fraction of sp³-hybridized carbons (Fsp3) is 0.308. The van der Waals surface area contributed by atoms with Crippen molar-refractivity contribution < 1.29 is 14.4 Å². The summed E-state index contributed by atoms with van der Waals surface area (Å²) in [7, 11) is 0. The second-order valence-corrected chi connectivity index (χ2v) is 4.50. The number of benzene rings is 1. The number of amides is 3. The lowest BCUT2D eigenvalue weighted by molar-refractivity contribution is -0.136. The van der Waals surface area contributed by atoms with Crippen LogP contribution in [-0.2, 0) is 9.59 Å². The summed E-state index contributed by atoms with van der Waals surface area (Å²) in [6, 6.07) is 5.97. The highest BCUT2D eigenvalue weighted by Crippen LogP contribution is 2.08. The van der Waals surface area contributed by atoms with E-state index in [2.05, 4.69) is 10.6 Å². The Labute approximate surface area is 111 Å². The van der Waals surface area contributed by atoms with Crippen molar-refractivity contribution in [3.05, 3.63) is 29.8 Å². The molecule has 6 nitrogen and oxygen atoms in total. The van der Waals surface area contributed by atoms with Gasteiger partial charge in [-0.15, -0.1) is 0 Å². The summed E-state index contributed by atoms with van der Waals surface area (Å²) < 4.78 is 0. The van der Waals surface area contributed by atoms with Crippen LogP contribution < -0.4 is 16.4 Å². The lowest BCUT2D eigenvalue weighted by atomic mass is 10.2. The molecule has 19 heavy (non-hydrogen) atoms. The minimum absolute atomic E-state index is 0.270. The van der Waals surface area contributed by atoms with Gasteiger partial charge in [-0.2, -0.15) is 0 Å². The molecule has 0 spiro atoms. The second kappa shape index (κ2) is 6.53. The standard InChI is InChI=1S/C13H17N3O3/c1-8(2)7-15-12(18)13(19)16-10-5-3-9(4-6-10)11(14)17/h3-6,8H,7H2,1-2H3,(H2,14,17)(H,15,18)(H,16,19). The highest BCUT2D eigenvalue weighted by atomic mass is 16.2. The minimum Gasteiger partial charge on any atom is -0.366 e. The van der Waals surface area contributed by atoms with Crippen molar-refractivity contribution in [3.63, 3.8) is 0 Å². The monoisotopic (exact) mass is 263 g/mol. The Balaban J connectivity index is 2.56. The fourth-order valence-electron chi connectivity index (χ4n) is 1.28. The zero-order valence-electron chi connectivity index (χ0n) is 10.9. The van der Waals surface area contributed by atoms with E-state index < -0.39 is 17.7 Å². The molecule has 1 rings (SSSR count). The first-order chi connectivity index (χ1) is 8.90. The van der Waals surface area contributed by atoms with Crippen LogP contribution in [0, 0.1) is 5.92 Å². The summed E-state index contributed by atoms with van der Waals surface area (Å²) in [5.41, 5.74) is 5.85. The van der Waals surface area contributed by atoms with E-state index in [1.54, 1.807) is 0 Å². The van der Waals surface area contributed by atoms with Gasteiger partial charge in [0.15, 0.2) is 0 Å². The predicted molar refractivity (Wildman–Crippen MR) is 71.4 cm³/mol. The van der Waals surface area contributed by atoms with Crippen LogP contribution in [0.2, 0.25) is 0 Å². The predicted octanol–water partition coefficient (Wildman–Crippen LogP) is 0.496. The third-order valence-corrected chi connectivity index (χ3v) is 2.30. The van der Waals surface area contributed by atoms with E-state index in [-0.39, 0.29) is 5.92 Å². The lowest BCUT2D eigenvalue weighted by Gasteiger charge is -2.08.